The lowest BCUT2D eigenvalue weighted by Gasteiger charge is -2.46. The molecule has 0 radical (unpaired) electrons. The Morgan fingerprint density at radius 3 is 2.50 bits per heavy atom. The van der Waals surface area contributed by atoms with E-state index in [4.69, 9.17) is 31.0 Å². The highest BCUT2D eigenvalue weighted by atomic mass is 35.5. The van der Waals surface area contributed by atoms with Crippen LogP contribution >= 0.6 is 11.6 Å². The number of aldehydes is 1. The van der Waals surface area contributed by atoms with E-state index in [1.807, 2.05) is 75.5 Å². The van der Waals surface area contributed by atoms with Gasteiger partial charge in [0, 0.05) is 41.3 Å². The fraction of sp³-hybridized carbons (Fsp3) is 0.405. The number of rotatable bonds is 17. The minimum atomic E-state index is -1.12. The third-order valence-corrected chi connectivity index (χ3v) is 8.24. The maximum atomic E-state index is 12.3. The van der Waals surface area contributed by atoms with E-state index in [1.165, 1.54) is 0 Å². The zero-order valence-corrected chi connectivity index (χ0v) is 27.7. The van der Waals surface area contributed by atoms with Crippen LogP contribution in [0.4, 0.5) is 0 Å². The van der Waals surface area contributed by atoms with Crippen molar-refractivity contribution in [3.63, 3.8) is 0 Å². The number of hydrogen-bond acceptors (Lipinski definition) is 7. The van der Waals surface area contributed by atoms with E-state index in [9.17, 15) is 14.9 Å². The summed E-state index contributed by atoms with van der Waals surface area (Å²) in [5.74, 6) is -0.218. The van der Waals surface area contributed by atoms with Crippen molar-refractivity contribution in [1.29, 1.82) is 5.26 Å². The molecule has 1 N–H and O–H groups in total. The molecule has 1 saturated carbocycles. The fourth-order valence-corrected chi connectivity index (χ4v) is 5.42. The second-order valence-corrected chi connectivity index (χ2v) is 11.9. The first-order valence-corrected chi connectivity index (χ1v) is 15.7. The van der Waals surface area contributed by atoms with Crippen LogP contribution in [0, 0.1) is 22.7 Å². The second-order valence-electron chi connectivity index (χ2n) is 11.5. The molecule has 0 amide bonds. The molecule has 0 aliphatic heterocycles. The number of halogens is 1. The Balaban J connectivity index is 0.00000236. The number of carbonyl (C=O) groups is 3. The number of ether oxygens (including phenoxy) is 2. The normalized spacial score (nSPS) is 18.2. The Morgan fingerprint density at radius 1 is 1.22 bits per heavy atom. The minimum absolute atomic E-state index is 0.0225. The lowest BCUT2D eigenvalue weighted by atomic mass is 9.85. The van der Waals surface area contributed by atoms with Gasteiger partial charge in [-0.1, -0.05) is 79.3 Å². The summed E-state index contributed by atoms with van der Waals surface area (Å²) in [4.78, 5) is 35.0. The molecule has 9 heteroatoms. The number of esters is 1. The van der Waals surface area contributed by atoms with Crippen molar-refractivity contribution >= 4 is 30.3 Å². The molecule has 46 heavy (non-hydrogen) atoms. The number of likely N-dealkylation sites (N-methyl/N-ethyl adjacent to an activating group) is 1. The first kappa shape index (κ1) is 38.2. The third-order valence-electron chi connectivity index (χ3n) is 7.99. The van der Waals surface area contributed by atoms with E-state index in [-0.39, 0.29) is 30.2 Å². The van der Waals surface area contributed by atoms with Crippen LogP contribution in [0.3, 0.4) is 0 Å². The highest BCUT2D eigenvalue weighted by molar-refractivity contribution is 6.30. The summed E-state index contributed by atoms with van der Waals surface area (Å²) in [5.41, 5.74) is 1.88. The average molecular weight is 649 g/mol. The predicted molar refractivity (Wildman–Crippen MR) is 181 cm³/mol. The number of carboxylic acid groups (broad SMARTS) is 1. The van der Waals surface area contributed by atoms with Crippen molar-refractivity contribution in [2.75, 3.05) is 26.8 Å². The van der Waals surface area contributed by atoms with E-state index in [0.29, 0.717) is 43.2 Å². The molecule has 246 valence electrons. The molecule has 2 atom stereocenters. The number of allylic oxidation sites excluding steroid dienone is 8. The van der Waals surface area contributed by atoms with Gasteiger partial charge in [-0.15, -0.1) is 0 Å². The van der Waals surface area contributed by atoms with Gasteiger partial charge < -0.3 is 19.4 Å². The smallest absolute Gasteiger partial charge is 0.305 e. The summed E-state index contributed by atoms with van der Waals surface area (Å²) in [7, 11) is 2.00. The molecule has 3 rings (SSSR count). The Morgan fingerprint density at radius 2 is 1.91 bits per heavy atom. The zero-order valence-electron chi connectivity index (χ0n) is 27.0. The van der Waals surface area contributed by atoms with Gasteiger partial charge in [-0.3, -0.25) is 14.5 Å². The Bertz CT molecular complexity index is 1380. The van der Waals surface area contributed by atoms with Crippen LogP contribution in [0.2, 0.25) is 5.02 Å². The number of nitrogens with zero attached hydrogens (tertiary/aromatic N) is 2. The number of benzene rings is 1. The SMILES string of the molecule is C=C/C=C\C/C(C)=C(\CC=O)C(OCC1(COC(=O)CCC)CC1)(c1ccc(Cl)cc1)N(C)CC1C=CC=C(C#N)C=C1.O=CO. The van der Waals surface area contributed by atoms with E-state index in [2.05, 4.69) is 23.6 Å². The van der Waals surface area contributed by atoms with E-state index in [1.54, 1.807) is 12.2 Å². The van der Waals surface area contributed by atoms with Crippen molar-refractivity contribution in [3.8, 4) is 6.07 Å². The molecular weight excluding hydrogens is 604 g/mol. The van der Waals surface area contributed by atoms with Crippen molar-refractivity contribution in [1.82, 2.24) is 4.90 Å². The first-order chi connectivity index (χ1) is 22.1. The number of hydrogen-bond donors (Lipinski definition) is 1. The maximum Gasteiger partial charge on any atom is 0.305 e. The maximum absolute atomic E-state index is 12.3. The summed E-state index contributed by atoms with van der Waals surface area (Å²) < 4.78 is 12.8. The lowest BCUT2D eigenvalue weighted by molar-refractivity contribution is -0.158. The van der Waals surface area contributed by atoms with Crippen molar-refractivity contribution in [2.24, 2.45) is 11.3 Å². The quantitative estimate of drug-likeness (QED) is 0.0607. The Kier molecular flexibility index (Phi) is 16.2. The van der Waals surface area contributed by atoms with Gasteiger partial charge in [0.05, 0.1) is 24.9 Å². The standard InChI is InChI=1S/C36H43ClN2O4.CH2O2/c1-5-7-8-11-28(3)33(20-23-40)36(31-16-18-32(37)19-17-31,39(4)25-30-13-9-12-29(24-38)14-15-30)43-27-35(21-22-35)26-42-34(41)10-6-2;2-1-3/h5,7-9,12-19,23,30H,1,6,10-11,20-22,25-27H2,2-4H3;1H,(H,2,3)/b8-7-,33-28+;. The van der Waals surface area contributed by atoms with E-state index in [0.717, 1.165) is 42.3 Å². The molecule has 0 bridgehead atoms. The van der Waals surface area contributed by atoms with E-state index >= 15 is 0 Å². The van der Waals surface area contributed by atoms with Crippen LogP contribution in [-0.4, -0.2) is 55.5 Å². The molecule has 2 aliphatic rings. The van der Waals surface area contributed by atoms with Crippen molar-refractivity contribution in [3.05, 3.63) is 107 Å². The van der Waals surface area contributed by atoms with Gasteiger partial charge in [0.1, 0.15) is 6.29 Å². The number of carbonyl (C=O) groups excluding carboxylic acids is 2. The first-order valence-electron chi connectivity index (χ1n) is 15.4. The molecule has 1 aromatic carbocycles. The van der Waals surface area contributed by atoms with Crippen LogP contribution in [0.1, 0.15) is 57.9 Å². The van der Waals surface area contributed by atoms with Crippen molar-refractivity contribution < 1.29 is 29.0 Å². The van der Waals surface area contributed by atoms with Crippen LogP contribution < -0.4 is 0 Å². The molecule has 1 aromatic rings. The monoisotopic (exact) mass is 648 g/mol. The molecule has 2 aliphatic carbocycles. The molecule has 2 unspecified atom stereocenters. The summed E-state index contributed by atoms with van der Waals surface area (Å²) in [5, 5.41) is 16.9. The second kappa shape index (κ2) is 19.5. The van der Waals surface area contributed by atoms with Gasteiger partial charge in [-0.05, 0) is 69.5 Å². The van der Waals surface area contributed by atoms with Gasteiger partial charge >= 0.3 is 5.97 Å². The van der Waals surface area contributed by atoms with E-state index < -0.39 is 5.72 Å². The van der Waals surface area contributed by atoms with Crippen LogP contribution in [0.15, 0.2) is 96.2 Å². The van der Waals surface area contributed by atoms with Gasteiger partial charge in [0.15, 0.2) is 5.72 Å². The van der Waals surface area contributed by atoms with Gasteiger partial charge in [0.25, 0.3) is 6.47 Å². The summed E-state index contributed by atoms with van der Waals surface area (Å²) in [6, 6.07) is 9.77. The van der Waals surface area contributed by atoms with Crippen LogP contribution in [-0.2, 0) is 29.6 Å². The molecule has 0 aromatic heterocycles. The zero-order chi connectivity index (χ0) is 34.0. The Hall–Kier alpha value is -4.03. The summed E-state index contributed by atoms with van der Waals surface area (Å²) in [6.07, 6.45) is 19.8. The van der Waals surface area contributed by atoms with Gasteiger partial charge in [0.2, 0.25) is 0 Å². The minimum Gasteiger partial charge on any atom is -0.483 e. The number of nitriles is 1. The van der Waals surface area contributed by atoms with Gasteiger partial charge in [-0.2, -0.15) is 5.26 Å². The molecule has 0 saturated heterocycles. The van der Waals surface area contributed by atoms with Crippen LogP contribution in [0.5, 0.6) is 0 Å². The summed E-state index contributed by atoms with van der Waals surface area (Å²) in [6.45, 7) is 8.70. The molecule has 1 fully saturated rings. The summed E-state index contributed by atoms with van der Waals surface area (Å²) >= 11 is 6.35. The average Bonchev–Trinajstić information content (AvgIpc) is 3.85. The highest BCUT2D eigenvalue weighted by Crippen LogP contribution is 2.50. The third kappa shape index (κ3) is 11.1. The highest BCUT2D eigenvalue weighted by Gasteiger charge is 2.49. The fourth-order valence-electron chi connectivity index (χ4n) is 5.30. The van der Waals surface area contributed by atoms with Crippen molar-refractivity contribution in [2.45, 2.75) is 58.1 Å². The Labute approximate surface area is 278 Å². The molecule has 8 nitrogen and oxygen atoms in total. The molecule has 0 spiro atoms. The predicted octanol–water partition coefficient (Wildman–Crippen LogP) is 7.50. The molecular formula is C37H45ClN2O6. The van der Waals surface area contributed by atoms with Crippen LogP contribution in [0.25, 0.3) is 0 Å². The topological polar surface area (TPSA) is 117 Å². The lowest BCUT2D eigenvalue weighted by Crippen LogP contribution is -2.51. The molecule has 0 heterocycles. The van der Waals surface area contributed by atoms with Gasteiger partial charge in [-0.25, -0.2) is 0 Å². The largest absolute Gasteiger partial charge is 0.483 e.